The van der Waals surface area contributed by atoms with Crippen LogP contribution in [-0.2, 0) is 11.2 Å². The van der Waals surface area contributed by atoms with Crippen LogP contribution in [0.5, 0.6) is 0 Å². The minimum atomic E-state index is 0.00922. The van der Waals surface area contributed by atoms with Crippen molar-refractivity contribution < 1.29 is 4.79 Å². The second-order valence-electron chi connectivity index (χ2n) is 4.53. The van der Waals surface area contributed by atoms with Crippen LogP contribution < -0.4 is 5.32 Å². The molecule has 0 saturated carbocycles. The van der Waals surface area contributed by atoms with Crippen molar-refractivity contribution in [1.29, 1.82) is 5.26 Å². The third kappa shape index (κ3) is 3.69. The molecule has 1 heterocycles. The minimum absolute atomic E-state index is 0.00922. The van der Waals surface area contributed by atoms with Crippen molar-refractivity contribution >= 4 is 17.2 Å². The number of carbonyl (C=O) groups is 1. The number of nitriles is 1. The number of amides is 1. The van der Waals surface area contributed by atoms with E-state index >= 15 is 0 Å². The number of nitrogens with zero attached hydrogens (tertiary/aromatic N) is 1. The fraction of sp³-hybridized carbons (Fsp3) is 0.250. The predicted octanol–water partition coefficient (Wildman–Crippen LogP) is 3.43. The van der Waals surface area contributed by atoms with Crippen LogP contribution in [0.25, 0.3) is 0 Å². The van der Waals surface area contributed by atoms with Crippen LogP contribution in [0.15, 0.2) is 41.8 Å². The molecule has 1 amide bonds. The minimum Gasteiger partial charge on any atom is -0.348 e. The van der Waals surface area contributed by atoms with E-state index in [2.05, 4.69) is 18.3 Å². The summed E-state index contributed by atoms with van der Waals surface area (Å²) >= 11 is 1.66. The van der Waals surface area contributed by atoms with Crippen molar-refractivity contribution in [3.63, 3.8) is 0 Å². The van der Waals surface area contributed by atoms with Crippen molar-refractivity contribution in [2.45, 2.75) is 25.8 Å². The lowest BCUT2D eigenvalue weighted by atomic mass is 10.1. The Kier molecular flexibility index (Phi) is 4.91. The second-order valence-corrected chi connectivity index (χ2v) is 5.51. The fourth-order valence-electron chi connectivity index (χ4n) is 1.99. The third-order valence-corrected chi connectivity index (χ3v) is 4.06. The van der Waals surface area contributed by atoms with Gasteiger partial charge in [-0.1, -0.05) is 25.1 Å². The predicted molar refractivity (Wildman–Crippen MR) is 80.4 cm³/mol. The molecule has 0 aliphatic carbocycles. The summed E-state index contributed by atoms with van der Waals surface area (Å²) in [5.74, 6) is 0.00922. The molecule has 0 radical (unpaired) electrons. The van der Waals surface area contributed by atoms with Crippen LogP contribution in [0.1, 0.15) is 35.4 Å². The first-order valence-corrected chi connectivity index (χ1v) is 7.42. The molecule has 2 aromatic rings. The van der Waals surface area contributed by atoms with Crippen LogP contribution in [0, 0.1) is 11.3 Å². The number of thiophene rings is 1. The van der Waals surface area contributed by atoms with E-state index in [1.165, 1.54) is 4.88 Å². The van der Waals surface area contributed by atoms with E-state index in [0.29, 0.717) is 12.0 Å². The van der Waals surface area contributed by atoms with Crippen molar-refractivity contribution in [2.24, 2.45) is 0 Å². The van der Waals surface area contributed by atoms with E-state index in [1.54, 1.807) is 23.5 Å². The fourth-order valence-corrected chi connectivity index (χ4v) is 2.85. The molecule has 1 unspecified atom stereocenters. The molecule has 4 heteroatoms. The molecule has 1 N–H and O–H groups in total. The average Bonchev–Trinajstić information content (AvgIpc) is 2.99. The summed E-state index contributed by atoms with van der Waals surface area (Å²) in [5.41, 5.74) is 1.53. The Morgan fingerprint density at radius 2 is 2.10 bits per heavy atom. The zero-order valence-corrected chi connectivity index (χ0v) is 12.1. The van der Waals surface area contributed by atoms with Gasteiger partial charge in [0.2, 0.25) is 5.91 Å². The molecule has 1 aromatic heterocycles. The van der Waals surface area contributed by atoms with E-state index < -0.39 is 0 Å². The monoisotopic (exact) mass is 284 g/mol. The molecule has 0 fully saturated rings. The van der Waals surface area contributed by atoms with Crippen LogP contribution in [0.3, 0.4) is 0 Å². The Labute approximate surface area is 122 Å². The molecule has 1 atom stereocenters. The Hall–Kier alpha value is -2.12. The van der Waals surface area contributed by atoms with Crippen LogP contribution >= 0.6 is 11.3 Å². The highest BCUT2D eigenvalue weighted by atomic mass is 32.1. The molecular weight excluding hydrogens is 268 g/mol. The Balaban J connectivity index is 1.96. The molecule has 0 aliphatic heterocycles. The maximum absolute atomic E-state index is 12.1. The first kappa shape index (κ1) is 14.3. The smallest absolute Gasteiger partial charge is 0.224 e. The first-order chi connectivity index (χ1) is 9.72. The molecule has 20 heavy (non-hydrogen) atoms. The van der Waals surface area contributed by atoms with Crippen LogP contribution in [0.2, 0.25) is 0 Å². The van der Waals surface area contributed by atoms with Crippen molar-refractivity contribution in [1.82, 2.24) is 5.32 Å². The second kappa shape index (κ2) is 6.88. The van der Waals surface area contributed by atoms with Gasteiger partial charge in [-0.15, -0.1) is 11.3 Å². The Morgan fingerprint density at radius 3 is 2.65 bits per heavy atom. The molecule has 2 rings (SSSR count). The molecule has 0 bridgehead atoms. The molecular formula is C16H16N2OS. The highest BCUT2D eigenvalue weighted by molar-refractivity contribution is 7.10. The quantitative estimate of drug-likeness (QED) is 0.914. The SMILES string of the molecule is CCC(NC(=O)Cc1ccc(C#N)cc1)c1cccs1. The summed E-state index contributed by atoms with van der Waals surface area (Å²) in [4.78, 5) is 13.2. The first-order valence-electron chi connectivity index (χ1n) is 6.54. The number of hydrogen-bond acceptors (Lipinski definition) is 3. The molecule has 0 spiro atoms. The van der Waals surface area contributed by atoms with Gasteiger partial charge in [0.15, 0.2) is 0 Å². The standard InChI is InChI=1S/C16H16N2OS/c1-2-14(15-4-3-9-20-15)18-16(19)10-12-5-7-13(11-17)8-6-12/h3-9,14H,2,10H2,1H3,(H,18,19). The summed E-state index contributed by atoms with van der Waals surface area (Å²) in [6, 6.07) is 13.3. The Bertz CT molecular complexity index is 596. The summed E-state index contributed by atoms with van der Waals surface area (Å²) in [7, 11) is 0. The van der Waals surface area contributed by atoms with Crippen molar-refractivity contribution in [2.75, 3.05) is 0 Å². The van der Waals surface area contributed by atoms with E-state index in [9.17, 15) is 4.79 Å². The maximum atomic E-state index is 12.1. The molecule has 0 saturated heterocycles. The van der Waals surface area contributed by atoms with E-state index in [1.807, 2.05) is 29.6 Å². The van der Waals surface area contributed by atoms with Crippen LogP contribution in [-0.4, -0.2) is 5.91 Å². The number of hydrogen-bond donors (Lipinski definition) is 1. The summed E-state index contributed by atoms with van der Waals surface area (Å²) in [5, 5.41) is 13.8. The van der Waals surface area contributed by atoms with Crippen LogP contribution in [0.4, 0.5) is 0 Å². The van der Waals surface area contributed by atoms with Gasteiger partial charge in [0.05, 0.1) is 24.1 Å². The van der Waals surface area contributed by atoms with Gasteiger partial charge in [-0.3, -0.25) is 4.79 Å². The van der Waals surface area contributed by atoms with Gasteiger partial charge in [-0.25, -0.2) is 0 Å². The van der Waals surface area contributed by atoms with Crippen molar-refractivity contribution in [3.8, 4) is 6.07 Å². The molecule has 102 valence electrons. The zero-order chi connectivity index (χ0) is 14.4. The van der Waals surface area contributed by atoms with Gasteiger partial charge < -0.3 is 5.32 Å². The topological polar surface area (TPSA) is 52.9 Å². The average molecular weight is 284 g/mol. The number of benzene rings is 1. The zero-order valence-electron chi connectivity index (χ0n) is 11.3. The van der Waals surface area contributed by atoms with Gasteiger partial charge in [0.1, 0.15) is 0 Å². The maximum Gasteiger partial charge on any atom is 0.224 e. The van der Waals surface area contributed by atoms with Gasteiger partial charge in [0.25, 0.3) is 0 Å². The number of carbonyl (C=O) groups excluding carboxylic acids is 1. The summed E-state index contributed by atoms with van der Waals surface area (Å²) in [6.07, 6.45) is 1.22. The summed E-state index contributed by atoms with van der Waals surface area (Å²) in [6.45, 7) is 2.06. The Morgan fingerprint density at radius 1 is 1.35 bits per heavy atom. The van der Waals surface area contributed by atoms with Gasteiger partial charge in [0, 0.05) is 4.88 Å². The molecule has 1 aromatic carbocycles. The largest absolute Gasteiger partial charge is 0.348 e. The number of rotatable bonds is 5. The van der Waals surface area contributed by atoms with E-state index in [4.69, 9.17) is 5.26 Å². The summed E-state index contributed by atoms with van der Waals surface area (Å²) < 4.78 is 0. The third-order valence-electron chi connectivity index (χ3n) is 3.08. The lowest BCUT2D eigenvalue weighted by molar-refractivity contribution is -0.121. The molecule has 3 nitrogen and oxygen atoms in total. The van der Waals surface area contributed by atoms with Gasteiger partial charge in [-0.05, 0) is 35.6 Å². The van der Waals surface area contributed by atoms with E-state index in [-0.39, 0.29) is 11.9 Å². The van der Waals surface area contributed by atoms with Gasteiger partial charge >= 0.3 is 0 Å². The lowest BCUT2D eigenvalue weighted by Gasteiger charge is -2.15. The van der Waals surface area contributed by atoms with Crippen molar-refractivity contribution in [3.05, 3.63) is 57.8 Å². The highest BCUT2D eigenvalue weighted by Crippen LogP contribution is 2.21. The van der Waals surface area contributed by atoms with Gasteiger partial charge in [-0.2, -0.15) is 5.26 Å². The molecule has 0 aliphatic rings. The lowest BCUT2D eigenvalue weighted by Crippen LogP contribution is -2.29. The van der Waals surface area contributed by atoms with E-state index in [0.717, 1.165) is 12.0 Å². The number of nitrogens with one attached hydrogen (secondary N) is 1. The highest BCUT2D eigenvalue weighted by Gasteiger charge is 2.13. The normalized spacial score (nSPS) is 11.6.